The lowest BCUT2D eigenvalue weighted by molar-refractivity contribution is -0.144. The molecule has 2 N–H and O–H groups in total. The van der Waals surface area contributed by atoms with Crippen LogP contribution >= 0.6 is 0 Å². The third kappa shape index (κ3) is 5.44. The van der Waals surface area contributed by atoms with Gasteiger partial charge in [-0.3, -0.25) is 9.69 Å². The highest BCUT2D eigenvalue weighted by Crippen LogP contribution is 2.55. The summed E-state index contributed by atoms with van der Waals surface area (Å²) in [5, 5.41) is 12.1. The Labute approximate surface area is 209 Å². The number of nitrogens with zero attached hydrogens (tertiary/aromatic N) is 2. The van der Waals surface area contributed by atoms with E-state index >= 15 is 0 Å². The molecule has 2 fully saturated rings. The predicted molar refractivity (Wildman–Crippen MR) is 133 cm³/mol. The van der Waals surface area contributed by atoms with Crippen LogP contribution < -0.4 is 15.0 Å². The van der Waals surface area contributed by atoms with Gasteiger partial charge in [0.05, 0.1) is 5.92 Å². The van der Waals surface area contributed by atoms with Gasteiger partial charge in [0, 0.05) is 17.4 Å². The van der Waals surface area contributed by atoms with Gasteiger partial charge in [0.25, 0.3) is 0 Å². The number of para-hydroxylation sites is 1. The second kappa shape index (κ2) is 10.4. The number of benzene rings is 1. The number of nitrogens with one attached hydrogen (secondary N) is 1. The summed E-state index contributed by atoms with van der Waals surface area (Å²) < 4.78 is 30.5. The van der Waals surface area contributed by atoms with Crippen molar-refractivity contribution in [3.8, 4) is 5.88 Å². The van der Waals surface area contributed by atoms with E-state index in [-0.39, 0.29) is 34.9 Å². The van der Waals surface area contributed by atoms with Crippen molar-refractivity contribution in [2.45, 2.75) is 77.9 Å². The van der Waals surface area contributed by atoms with Crippen molar-refractivity contribution >= 4 is 23.4 Å². The summed E-state index contributed by atoms with van der Waals surface area (Å²) in [6.45, 7) is 2.70. The standard InChI is InChI=1S/C27H33F2N3O4/c1-16(2)20-6-4-5-7-22(20)32(19-14-27(15-19)12-10-18(11-13-27)24(33)34)26(35)31-21-9-8-17(3)30-23(21)36-25(28)29/h4-9,16,18-19,25H,10-15H2,1-3H3,(H,31,35)(H,33,34). The highest BCUT2D eigenvalue weighted by Gasteiger charge is 2.50. The van der Waals surface area contributed by atoms with E-state index in [1.807, 2.05) is 24.3 Å². The number of alkyl halides is 2. The number of carbonyl (C=O) groups is 2. The molecule has 4 rings (SSSR count). The Morgan fingerprint density at radius 1 is 1.14 bits per heavy atom. The zero-order valence-corrected chi connectivity index (χ0v) is 20.8. The second-order valence-corrected chi connectivity index (χ2v) is 10.4. The van der Waals surface area contributed by atoms with Gasteiger partial charge in [-0.1, -0.05) is 32.0 Å². The summed E-state index contributed by atoms with van der Waals surface area (Å²) in [4.78, 5) is 30.9. The molecule has 9 heteroatoms. The Morgan fingerprint density at radius 3 is 2.42 bits per heavy atom. The van der Waals surface area contributed by atoms with Crippen LogP contribution in [0.5, 0.6) is 5.88 Å². The van der Waals surface area contributed by atoms with Crippen LogP contribution in [0.2, 0.25) is 0 Å². The minimum atomic E-state index is -3.07. The molecule has 0 bridgehead atoms. The number of hydrogen-bond acceptors (Lipinski definition) is 4. The summed E-state index contributed by atoms with van der Waals surface area (Å²) in [5.41, 5.74) is 2.39. The molecule has 7 nitrogen and oxygen atoms in total. The average Bonchev–Trinajstić information content (AvgIpc) is 2.80. The minimum Gasteiger partial charge on any atom is -0.481 e. The molecule has 0 unspecified atom stereocenters. The van der Waals surface area contributed by atoms with Crippen LogP contribution in [0, 0.1) is 18.3 Å². The predicted octanol–water partition coefficient (Wildman–Crippen LogP) is 6.58. The zero-order valence-electron chi connectivity index (χ0n) is 20.8. The molecule has 194 valence electrons. The molecule has 2 amide bonds. The first-order chi connectivity index (χ1) is 17.1. The van der Waals surface area contributed by atoms with Gasteiger partial charge in [-0.25, -0.2) is 9.78 Å². The molecule has 0 atom stereocenters. The number of aryl methyl sites for hydroxylation is 1. The van der Waals surface area contributed by atoms with Gasteiger partial charge in [0.1, 0.15) is 5.69 Å². The number of pyridine rings is 1. The molecule has 2 aliphatic carbocycles. The SMILES string of the molecule is Cc1ccc(NC(=O)N(c2ccccc2C(C)C)C2CC3(CCC(C(=O)O)CC3)C2)c(OC(F)F)n1. The van der Waals surface area contributed by atoms with Gasteiger partial charge < -0.3 is 15.2 Å². The maximum absolute atomic E-state index is 13.7. The maximum atomic E-state index is 13.7. The Bertz CT molecular complexity index is 1110. The van der Waals surface area contributed by atoms with Gasteiger partial charge in [-0.2, -0.15) is 8.78 Å². The molecule has 1 heterocycles. The number of rotatable bonds is 7. The number of halogens is 2. The fourth-order valence-corrected chi connectivity index (χ4v) is 5.65. The van der Waals surface area contributed by atoms with Gasteiger partial charge >= 0.3 is 18.6 Å². The topological polar surface area (TPSA) is 91.8 Å². The third-order valence-electron chi connectivity index (χ3n) is 7.58. The fourth-order valence-electron chi connectivity index (χ4n) is 5.65. The first-order valence-electron chi connectivity index (χ1n) is 12.4. The van der Waals surface area contributed by atoms with Crippen molar-refractivity contribution in [1.82, 2.24) is 4.98 Å². The van der Waals surface area contributed by atoms with Crippen LogP contribution in [-0.4, -0.2) is 34.7 Å². The van der Waals surface area contributed by atoms with Gasteiger partial charge in [-0.05, 0) is 80.5 Å². The molecule has 1 aromatic heterocycles. The van der Waals surface area contributed by atoms with E-state index in [0.717, 1.165) is 36.9 Å². The monoisotopic (exact) mass is 501 g/mol. The van der Waals surface area contributed by atoms with Crippen LogP contribution in [0.25, 0.3) is 0 Å². The van der Waals surface area contributed by atoms with Gasteiger partial charge in [-0.15, -0.1) is 0 Å². The van der Waals surface area contributed by atoms with E-state index in [1.165, 1.54) is 6.07 Å². The van der Waals surface area contributed by atoms with Crippen molar-refractivity contribution in [3.63, 3.8) is 0 Å². The minimum absolute atomic E-state index is 0.0390. The Hall–Kier alpha value is -3.23. The van der Waals surface area contributed by atoms with Crippen molar-refractivity contribution in [2.75, 3.05) is 10.2 Å². The Balaban J connectivity index is 1.60. The summed E-state index contributed by atoms with van der Waals surface area (Å²) in [6, 6.07) is 10.3. The van der Waals surface area contributed by atoms with E-state index in [2.05, 4.69) is 28.9 Å². The van der Waals surface area contributed by atoms with Crippen LogP contribution in [0.3, 0.4) is 0 Å². The summed E-state index contributed by atoms with van der Waals surface area (Å²) in [5.74, 6) is -1.19. The molecule has 36 heavy (non-hydrogen) atoms. The lowest BCUT2D eigenvalue weighted by Crippen LogP contribution is -2.55. The van der Waals surface area contributed by atoms with E-state index in [0.29, 0.717) is 18.5 Å². The number of anilines is 2. The number of aromatic nitrogens is 1. The second-order valence-electron chi connectivity index (χ2n) is 10.4. The van der Waals surface area contributed by atoms with Gasteiger partial charge in [0.15, 0.2) is 0 Å². The molecule has 2 aliphatic rings. The van der Waals surface area contributed by atoms with Crippen molar-refractivity contribution < 1.29 is 28.2 Å². The molecular formula is C27H33F2N3O4. The van der Waals surface area contributed by atoms with E-state index in [9.17, 15) is 23.5 Å². The molecule has 1 spiro atoms. The first-order valence-corrected chi connectivity index (χ1v) is 12.4. The van der Waals surface area contributed by atoms with Crippen molar-refractivity contribution in [3.05, 3.63) is 47.7 Å². The van der Waals surface area contributed by atoms with E-state index in [1.54, 1.807) is 17.9 Å². The maximum Gasteiger partial charge on any atom is 0.388 e. The van der Waals surface area contributed by atoms with Gasteiger partial charge in [0.2, 0.25) is 5.88 Å². The highest BCUT2D eigenvalue weighted by molar-refractivity contribution is 6.03. The van der Waals surface area contributed by atoms with Crippen molar-refractivity contribution in [1.29, 1.82) is 0 Å². The smallest absolute Gasteiger partial charge is 0.388 e. The summed E-state index contributed by atoms with van der Waals surface area (Å²) >= 11 is 0. The largest absolute Gasteiger partial charge is 0.481 e. The number of hydrogen-bond donors (Lipinski definition) is 2. The van der Waals surface area contributed by atoms with Crippen LogP contribution in [0.15, 0.2) is 36.4 Å². The van der Waals surface area contributed by atoms with E-state index in [4.69, 9.17) is 0 Å². The number of amides is 2. The van der Waals surface area contributed by atoms with Crippen LogP contribution in [-0.2, 0) is 4.79 Å². The molecule has 2 aromatic rings. The Morgan fingerprint density at radius 2 is 1.81 bits per heavy atom. The summed E-state index contributed by atoms with van der Waals surface area (Å²) in [6.07, 6.45) is 4.50. The third-order valence-corrected chi connectivity index (χ3v) is 7.58. The molecule has 0 aliphatic heterocycles. The number of ether oxygens (including phenoxy) is 1. The molecule has 1 aromatic carbocycles. The number of carboxylic acid groups (broad SMARTS) is 1. The molecule has 0 radical (unpaired) electrons. The zero-order chi connectivity index (χ0) is 26.0. The molecule has 2 saturated carbocycles. The average molecular weight is 502 g/mol. The molecule has 0 saturated heterocycles. The number of urea groups is 1. The number of carbonyl (C=O) groups excluding carboxylic acids is 1. The highest BCUT2D eigenvalue weighted by atomic mass is 19.3. The summed E-state index contributed by atoms with van der Waals surface area (Å²) in [7, 11) is 0. The van der Waals surface area contributed by atoms with Crippen LogP contribution in [0.1, 0.15) is 69.5 Å². The normalized spacial score (nSPS) is 23.4. The number of aliphatic carboxylic acids is 1. The van der Waals surface area contributed by atoms with Crippen LogP contribution in [0.4, 0.5) is 25.0 Å². The lowest BCUT2D eigenvalue weighted by Gasteiger charge is -2.54. The number of carboxylic acids is 1. The van der Waals surface area contributed by atoms with E-state index < -0.39 is 18.6 Å². The van der Waals surface area contributed by atoms with Crippen molar-refractivity contribution in [2.24, 2.45) is 11.3 Å². The lowest BCUT2D eigenvalue weighted by atomic mass is 9.56. The fraction of sp³-hybridized carbons (Fsp3) is 0.519. The first kappa shape index (κ1) is 25.9. The Kier molecular flexibility index (Phi) is 7.47. The quantitative estimate of drug-likeness (QED) is 0.447. The molecular weight excluding hydrogens is 468 g/mol.